The number of carbonyl (C=O) groups excluding carboxylic acids is 1. The first-order valence-corrected chi connectivity index (χ1v) is 27.5. The van der Waals surface area contributed by atoms with Gasteiger partial charge < -0.3 is 24.8 Å². The molecule has 1 aliphatic carbocycles. The van der Waals surface area contributed by atoms with Crippen LogP contribution in [0.2, 0.25) is 0 Å². The topological polar surface area (TPSA) is 29.1 Å². The first-order chi connectivity index (χ1) is 20.3. The number of fused-ring (bicyclic) bond motifs is 3. The van der Waals surface area contributed by atoms with Crippen molar-refractivity contribution in [2.75, 3.05) is 0 Å². The molecule has 6 heteroatoms. The van der Waals surface area contributed by atoms with E-state index < -0.39 is 26.9 Å². The van der Waals surface area contributed by atoms with Crippen molar-refractivity contribution in [2.24, 2.45) is 0 Å². The van der Waals surface area contributed by atoms with Gasteiger partial charge in [-0.05, 0) is 0 Å². The molecular weight excluding hydrogens is 752 g/mol. The van der Waals surface area contributed by atoms with Crippen molar-refractivity contribution >= 4 is 22.3 Å². The van der Waals surface area contributed by atoms with E-state index >= 15 is 0 Å². The molecule has 0 aromatic heterocycles. The third-order valence-electron chi connectivity index (χ3n) is 8.51. The van der Waals surface area contributed by atoms with Gasteiger partial charge in [-0.15, -0.1) is 0 Å². The Balaban J connectivity index is 0.00000253. The van der Waals surface area contributed by atoms with E-state index in [0.29, 0.717) is 16.0 Å². The Labute approximate surface area is 280 Å². The minimum absolute atomic E-state index is 0. The van der Waals surface area contributed by atoms with Gasteiger partial charge in [0.1, 0.15) is 0 Å². The van der Waals surface area contributed by atoms with Crippen molar-refractivity contribution in [2.45, 2.75) is 74.8 Å². The number of hydrogen-bond acceptors (Lipinski definition) is 1. The molecule has 0 aliphatic heterocycles. The molecule has 1 N–H and O–H groups in total. The quantitative estimate of drug-likeness (QED) is 0.145. The molecule has 4 aromatic carbocycles. The van der Waals surface area contributed by atoms with Crippen LogP contribution in [-0.4, -0.2) is 11.9 Å². The number of nitrogens with one attached hydrogen (secondary N) is 1. The van der Waals surface area contributed by atoms with E-state index in [1.54, 1.807) is 0 Å². The molecule has 1 amide bonds. The van der Waals surface area contributed by atoms with Crippen LogP contribution in [0.3, 0.4) is 0 Å². The van der Waals surface area contributed by atoms with E-state index in [4.69, 9.17) is 0 Å². The predicted molar refractivity (Wildman–Crippen MR) is 173 cm³/mol. The molecule has 4 aromatic rings. The van der Waals surface area contributed by atoms with Crippen molar-refractivity contribution < 1.29 is 50.5 Å². The molecule has 225 valence electrons. The summed E-state index contributed by atoms with van der Waals surface area (Å²) in [6, 6.07) is 40.2. The summed E-state index contributed by atoms with van der Waals surface area (Å²) in [5.41, 5.74) is 5.59. The van der Waals surface area contributed by atoms with Gasteiger partial charge in [-0.25, -0.2) is 0 Å². The molecule has 0 saturated heterocycles. The number of amides is 1. The molecule has 0 saturated carbocycles. The monoisotopic (exact) mass is 796 g/mol. The van der Waals surface area contributed by atoms with Gasteiger partial charge in [-0.3, -0.25) is 0 Å². The standard InChI is InChI=1S/C13H9.C12H25NO.C12H11Si.2ClH.Hf/c1-3-7-12-10(5-1)9-11-6-2-4-8-13(11)12;1-2-3-4-5-6-7-8-9-10-11-12(13)14;1-3-7-11(8-4-1)13-12-9-5-2-6-10-12;;;/h1-9H;2-11H2,1H3,(H2,13,14);1-10,13H;2*1H;/q;;;;;+3/p-3. The van der Waals surface area contributed by atoms with E-state index in [2.05, 4.69) is 119 Å². The zero-order valence-electron chi connectivity index (χ0n) is 25.3. The summed E-state index contributed by atoms with van der Waals surface area (Å²) in [7, 11) is 0. The summed E-state index contributed by atoms with van der Waals surface area (Å²) in [6.07, 6.45) is 12.1. The minimum atomic E-state index is -2.97. The molecule has 0 radical (unpaired) electrons. The average molecular weight is 796 g/mol. The summed E-state index contributed by atoms with van der Waals surface area (Å²) in [6.45, 7) is 2.27. The fourth-order valence-corrected chi connectivity index (χ4v) is 36.9. The van der Waals surface area contributed by atoms with Gasteiger partial charge in [0.2, 0.25) is 0 Å². The molecule has 2 nitrogen and oxygen atoms in total. The van der Waals surface area contributed by atoms with Crippen molar-refractivity contribution in [3.05, 3.63) is 120 Å². The van der Waals surface area contributed by atoms with Crippen molar-refractivity contribution in [3.8, 4) is 11.1 Å². The van der Waals surface area contributed by atoms with E-state index in [1.165, 1.54) is 77.6 Å². The van der Waals surface area contributed by atoms with Crippen molar-refractivity contribution in [1.29, 1.82) is 0 Å². The van der Waals surface area contributed by atoms with Crippen LogP contribution in [0.15, 0.2) is 109 Å². The smallest absolute Gasteiger partial charge is 1.00 e. The number of unbranched alkanes of at least 4 members (excludes halogenated alkanes) is 8. The minimum Gasteiger partial charge on any atom is -1.00 e. The molecule has 0 bridgehead atoms. The number of benzene rings is 4. The van der Waals surface area contributed by atoms with Gasteiger partial charge in [-0.1, -0.05) is 6.92 Å². The van der Waals surface area contributed by atoms with Gasteiger partial charge in [0.05, 0.1) is 0 Å². The number of carbonyl (C=O) groups is 1. The molecule has 43 heavy (non-hydrogen) atoms. The Morgan fingerprint density at radius 2 is 1.02 bits per heavy atom. The van der Waals surface area contributed by atoms with E-state index in [9.17, 15) is 4.79 Å². The van der Waals surface area contributed by atoms with Gasteiger partial charge in [0.15, 0.2) is 0 Å². The first-order valence-electron chi connectivity index (χ1n) is 15.7. The Morgan fingerprint density at radius 1 is 0.605 bits per heavy atom. The number of hydrogen-bond donors (Lipinski definition) is 1. The van der Waals surface area contributed by atoms with Crippen molar-refractivity contribution in [3.63, 3.8) is 0 Å². The normalized spacial score (nSPS) is 11.7. The maximum absolute atomic E-state index is 13.8. The van der Waals surface area contributed by atoms with Crippen LogP contribution in [0.1, 0.15) is 85.9 Å². The molecule has 0 spiro atoms. The molecular formula is C37H44Cl2HfNOSi. The molecule has 0 heterocycles. The average Bonchev–Trinajstić information content (AvgIpc) is 3.35. The SMILES string of the molecule is CCCCCCCCCCCC(=O)[NH][Hf+2]([CH]1c2ccccc2-c2ccccc21)[SiH](c1ccccc1)c1ccccc1.[Cl-].[Cl-]. The van der Waals surface area contributed by atoms with E-state index in [1.807, 2.05) is 0 Å². The number of rotatable bonds is 15. The Kier molecular flexibility index (Phi) is 15.5. The summed E-state index contributed by atoms with van der Waals surface area (Å²) in [4.78, 5) is 13.8. The molecule has 0 unspecified atom stereocenters. The summed E-state index contributed by atoms with van der Waals surface area (Å²) in [5.74, 6) is -1.38. The van der Waals surface area contributed by atoms with Crippen LogP contribution < -0.4 is 38.5 Å². The van der Waals surface area contributed by atoms with Gasteiger partial charge in [0.25, 0.3) is 0 Å². The van der Waals surface area contributed by atoms with Crippen LogP contribution in [-0.2, 0) is 25.7 Å². The zero-order valence-corrected chi connectivity index (χ0v) is 31.5. The Morgan fingerprint density at radius 3 is 1.51 bits per heavy atom. The maximum Gasteiger partial charge on any atom is -1.00 e. The van der Waals surface area contributed by atoms with Crippen LogP contribution in [0.4, 0.5) is 0 Å². The van der Waals surface area contributed by atoms with Crippen molar-refractivity contribution in [1.82, 2.24) is 3.30 Å². The molecule has 5 rings (SSSR count). The van der Waals surface area contributed by atoms with E-state index in [0.717, 1.165) is 12.8 Å². The molecule has 0 atom stereocenters. The summed E-state index contributed by atoms with van der Waals surface area (Å²) in [5, 5.41) is 2.93. The fraction of sp³-hybridized carbons (Fsp3) is 0.324. The zero-order chi connectivity index (χ0) is 28.3. The van der Waals surface area contributed by atoms with Crippen LogP contribution in [0.5, 0.6) is 0 Å². The van der Waals surface area contributed by atoms with Crippen LogP contribution in [0, 0.1) is 0 Å². The summed E-state index contributed by atoms with van der Waals surface area (Å²) < 4.78 is 4.24. The predicted octanol–water partition coefficient (Wildman–Crippen LogP) is 1.87. The van der Waals surface area contributed by atoms with Gasteiger partial charge in [-0.2, -0.15) is 0 Å². The first kappa shape index (κ1) is 35.5. The second-order valence-electron chi connectivity index (χ2n) is 11.4. The Bertz CT molecular complexity index is 1300. The van der Waals surface area contributed by atoms with E-state index in [-0.39, 0.29) is 24.8 Å². The molecule has 0 fully saturated rings. The maximum atomic E-state index is 13.8. The summed E-state index contributed by atoms with van der Waals surface area (Å²) >= 11 is -2.97. The Hall–Kier alpha value is -1.98. The van der Waals surface area contributed by atoms with Crippen LogP contribution >= 0.6 is 0 Å². The molecule has 1 aliphatic rings. The fourth-order valence-electron chi connectivity index (χ4n) is 6.46. The third-order valence-corrected chi connectivity index (χ3v) is 35.5. The third kappa shape index (κ3) is 9.26. The van der Waals surface area contributed by atoms with Crippen LogP contribution in [0.25, 0.3) is 11.1 Å². The number of halogens is 2. The largest absolute Gasteiger partial charge is 1.00 e. The second kappa shape index (κ2) is 18.7. The second-order valence-corrected chi connectivity index (χ2v) is 31.2. The van der Waals surface area contributed by atoms with Gasteiger partial charge in [0, 0.05) is 0 Å². The van der Waals surface area contributed by atoms with Gasteiger partial charge >= 0.3 is 251 Å².